The first-order chi connectivity index (χ1) is 20.9. The summed E-state index contributed by atoms with van der Waals surface area (Å²) in [5.41, 5.74) is -1.72. The van der Waals surface area contributed by atoms with Crippen molar-refractivity contribution in [3.05, 3.63) is 75.9 Å². The van der Waals surface area contributed by atoms with Crippen LogP contribution in [0.25, 0.3) is 21.3 Å². The third-order valence-corrected chi connectivity index (χ3v) is 10.1. The first-order valence-corrected chi connectivity index (χ1v) is 16.0. The number of alkyl halides is 3. The van der Waals surface area contributed by atoms with Gasteiger partial charge in [0, 0.05) is 32.7 Å². The largest absolute Gasteiger partial charge is 0.598 e. The van der Waals surface area contributed by atoms with Gasteiger partial charge in [0.25, 0.3) is 0 Å². The maximum absolute atomic E-state index is 14.5. The van der Waals surface area contributed by atoms with E-state index in [9.17, 15) is 27.6 Å². The van der Waals surface area contributed by atoms with E-state index in [4.69, 9.17) is 21.1 Å². The second-order valence-corrected chi connectivity index (χ2v) is 15.3. The maximum atomic E-state index is 14.5. The van der Waals surface area contributed by atoms with Crippen LogP contribution in [0.15, 0.2) is 54.7 Å². The Balaban J connectivity index is 1.63. The number of nitrogens with one attached hydrogen (secondary N) is 2. The van der Waals surface area contributed by atoms with Gasteiger partial charge >= 0.3 is 12.3 Å². The van der Waals surface area contributed by atoms with Crippen molar-refractivity contribution in [2.24, 2.45) is 0 Å². The zero-order chi connectivity index (χ0) is 32.9. The average Bonchev–Trinajstić information content (AvgIpc) is 3.53. The molecule has 0 saturated carbocycles. The molecule has 3 aromatic heterocycles. The number of rotatable bonds is 7. The summed E-state index contributed by atoms with van der Waals surface area (Å²) in [6, 6.07) is 11.9. The molecule has 0 spiro atoms. The van der Waals surface area contributed by atoms with E-state index in [0.717, 1.165) is 5.39 Å². The third-order valence-electron chi connectivity index (χ3n) is 7.01. The van der Waals surface area contributed by atoms with Gasteiger partial charge in [-0.3, -0.25) is 10.3 Å². The summed E-state index contributed by atoms with van der Waals surface area (Å²) in [6.07, 6.45) is -4.77. The Morgan fingerprint density at radius 3 is 2.53 bits per heavy atom. The summed E-state index contributed by atoms with van der Waals surface area (Å²) in [5, 5.41) is 12.4. The number of ether oxygens (including phenoxy) is 2. The number of anilines is 1. The predicted octanol–water partition coefficient (Wildman–Crippen LogP) is 7.78. The fourth-order valence-corrected chi connectivity index (χ4v) is 7.16. The third kappa shape index (κ3) is 6.77. The number of hydrogen-bond donors (Lipinski definition) is 3. The molecule has 240 valence electrons. The first kappa shape index (κ1) is 33.4. The number of halogens is 4. The minimum atomic E-state index is -4.76. The lowest BCUT2D eigenvalue weighted by atomic mass is 9.93. The van der Waals surface area contributed by atoms with Crippen molar-refractivity contribution in [2.75, 3.05) is 11.9 Å². The SMILES string of the molecule is CC1(C)OCC(c2ccnc(-c3cccc4cc(C(N[S@@+]([O-])C(C)(C)C)c5nc(NC(=O)O)ccc5Cl)sc34)c2)(C(F)(F)F)O1. The molecule has 45 heavy (non-hydrogen) atoms. The van der Waals surface area contributed by atoms with Gasteiger partial charge < -0.3 is 19.1 Å². The van der Waals surface area contributed by atoms with Gasteiger partial charge in [0.1, 0.15) is 16.6 Å². The molecule has 3 atom stereocenters. The number of amides is 1. The Labute approximate surface area is 269 Å². The Bertz CT molecular complexity index is 1750. The molecule has 1 aromatic carbocycles. The highest BCUT2D eigenvalue weighted by Gasteiger charge is 2.64. The number of pyridine rings is 2. The normalized spacial score (nSPS) is 19.9. The van der Waals surface area contributed by atoms with Crippen LogP contribution in [-0.2, 0) is 26.4 Å². The molecule has 0 aliphatic carbocycles. The summed E-state index contributed by atoms with van der Waals surface area (Å²) in [7, 11) is 0. The Morgan fingerprint density at radius 1 is 1.18 bits per heavy atom. The lowest BCUT2D eigenvalue weighted by Gasteiger charge is -2.31. The number of aromatic nitrogens is 2. The second kappa shape index (κ2) is 12.0. The van der Waals surface area contributed by atoms with Crippen LogP contribution >= 0.6 is 22.9 Å². The molecule has 1 aliphatic heterocycles. The van der Waals surface area contributed by atoms with Crippen LogP contribution in [0.3, 0.4) is 0 Å². The van der Waals surface area contributed by atoms with Gasteiger partial charge in [0.05, 0.1) is 23.0 Å². The first-order valence-electron chi connectivity index (χ1n) is 13.6. The van der Waals surface area contributed by atoms with Gasteiger partial charge in [0.15, 0.2) is 5.79 Å². The van der Waals surface area contributed by atoms with Gasteiger partial charge in [-0.25, -0.2) is 9.78 Å². The van der Waals surface area contributed by atoms with Crippen LogP contribution in [0, 0.1) is 0 Å². The lowest BCUT2D eigenvalue weighted by molar-refractivity contribution is -0.289. The summed E-state index contributed by atoms with van der Waals surface area (Å²) in [4.78, 5) is 20.7. The lowest BCUT2D eigenvalue weighted by Crippen LogP contribution is -2.45. The molecule has 4 aromatic rings. The number of hydrogen-bond acceptors (Lipinski definition) is 8. The maximum Gasteiger partial charge on any atom is 0.424 e. The number of carboxylic acid groups (broad SMARTS) is 1. The van der Waals surface area contributed by atoms with Crippen molar-refractivity contribution in [3.63, 3.8) is 0 Å². The smallest absolute Gasteiger partial charge is 0.424 e. The van der Waals surface area contributed by atoms with Crippen LogP contribution in [-0.4, -0.2) is 49.0 Å². The molecule has 4 heterocycles. The minimum Gasteiger partial charge on any atom is -0.598 e. The van der Waals surface area contributed by atoms with Crippen LogP contribution in [0.1, 0.15) is 56.8 Å². The number of fused-ring (bicyclic) bond motifs is 1. The van der Waals surface area contributed by atoms with Crippen LogP contribution < -0.4 is 10.0 Å². The molecule has 1 saturated heterocycles. The van der Waals surface area contributed by atoms with Crippen molar-refractivity contribution < 1.29 is 37.1 Å². The van der Waals surface area contributed by atoms with Crippen LogP contribution in [0.5, 0.6) is 0 Å². The molecule has 15 heteroatoms. The molecule has 0 bridgehead atoms. The van der Waals surface area contributed by atoms with E-state index >= 15 is 0 Å². The van der Waals surface area contributed by atoms with Crippen molar-refractivity contribution in [1.82, 2.24) is 14.7 Å². The molecule has 2 unspecified atom stereocenters. The van der Waals surface area contributed by atoms with E-state index in [1.165, 1.54) is 55.6 Å². The molecule has 3 N–H and O–H groups in total. The molecule has 0 radical (unpaired) electrons. The molecule has 1 fully saturated rings. The fraction of sp³-hybridized carbons (Fsp3) is 0.367. The van der Waals surface area contributed by atoms with E-state index in [1.54, 1.807) is 32.9 Å². The predicted molar refractivity (Wildman–Crippen MR) is 168 cm³/mol. The molecule has 5 rings (SSSR count). The van der Waals surface area contributed by atoms with E-state index in [1.807, 2.05) is 12.1 Å². The summed E-state index contributed by atoms with van der Waals surface area (Å²) < 4.78 is 70.8. The van der Waals surface area contributed by atoms with Gasteiger partial charge in [-0.15, -0.1) is 16.1 Å². The van der Waals surface area contributed by atoms with Crippen molar-refractivity contribution in [3.8, 4) is 11.3 Å². The van der Waals surface area contributed by atoms with E-state index in [0.29, 0.717) is 15.1 Å². The van der Waals surface area contributed by atoms with Gasteiger partial charge in [-0.05, 0) is 75.9 Å². The topological polar surface area (TPSA) is 129 Å². The fourth-order valence-electron chi connectivity index (χ4n) is 4.83. The van der Waals surface area contributed by atoms with E-state index in [-0.39, 0.29) is 27.8 Å². The molecule has 9 nitrogen and oxygen atoms in total. The van der Waals surface area contributed by atoms with E-state index in [2.05, 4.69) is 20.0 Å². The summed E-state index contributed by atoms with van der Waals surface area (Å²) >= 11 is 6.24. The van der Waals surface area contributed by atoms with Crippen molar-refractivity contribution in [2.45, 2.75) is 63.0 Å². The zero-order valence-corrected chi connectivity index (χ0v) is 27.2. The number of carbonyl (C=O) groups is 1. The zero-order valence-electron chi connectivity index (χ0n) is 24.8. The number of benzene rings is 1. The number of nitrogens with zero attached hydrogens (tertiary/aromatic N) is 2. The summed E-state index contributed by atoms with van der Waals surface area (Å²) in [5.74, 6) is -1.42. The van der Waals surface area contributed by atoms with Gasteiger partial charge in [-0.1, -0.05) is 29.8 Å². The molecular formula is C30H30ClF3N4O5S2. The number of thiophene rings is 1. The van der Waals surface area contributed by atoms with Crippen molar-refractivity contribution >= 4 is 56.3 Å². The molecular weight excluding hydrogens is 653 g/mol. The average molecular weight is 683 g/mol. The highest BCUT2D eigenvalue weighted by atomic mass is 35.5. The highest BCUT2D eigenvalue weighted by molar-refractivity contribution is 7.90. The van der Waals surface area contributed by atoms with Crippen LogP contribution in [0.2, 0.25) is 5.02 Å². The summed E-state index contributed by atoms with van der Waals surface area (Å²) in [6.45, 7) is 7.53. The van der Waals surface area contributed by atoms with Gasteiger partial charge in [0.2, 0.25) is 5.60 Å². The molecule has 1 amide bonds. The van der Waals surface area contributed by atoms with Gasteiger partial charge in [-0.2, -0.15) is 13.2 Å². The van der Waals surface area contributed by atoms with Crippen molar-refractivity contribution in [1.29, 1.82) is 0 Å². The van der Waals surface area contributed by atoms with Crippen LogP contribution in [0.4, 0.5) is 23.8 Å². The quantitative estimate of drug-likeness (QED) is 0.169. The standard InChI is InChI=1S/C30H30ClF3N4O5S2/c1-27(2,3)45(41)38-24(23-19(31)9-10-22(36-23)37-26(39)40)21-13-16-7-6-8-18(25(16)44-21)20-14-17(11-12-35-20)29(30(32,33)34)15-42-28(4,5)43-29/h6-14,24,38H,15H2,1-5H3,(H,36,37)(H,39,40)/t24?,29?,45-/m0/s1. The second-order valence-electron chi connectivity index (χ2n) is 11.8. The molecule has 1 aliphatic rings. The monoisotopic (exact) mass is 682 g/mol. The minimum absolute atomic E-state index is 0.0259. The highest BCUT2D eigenvalue weighted by Crippen LogP contribution is 2.50. The Morgan fingerprint density at radius 2 is 1.91 bits per heavy atom. The Kier molecular flexibility index (Phi) is 8.90. The van der Waals surface area contributed by atoms with E-state index < -0.39 is 52.4 Å². The Hall–Kier alpha value is -2.98.